The molecular formula is C24H27N3O4S. The SMILES string of the molecule is CCc1ccc(-c2nn(C)c(=O)c3c2CCCC3)cc1S(=O)(=O)Nc1ccc(OC)cc1. The number of ether oxygens (including phenoxy) is 1. The molecule has 4 rings (SSSR count). The van der Waals surface area contributed by atoms with E-state index in [2.05, 4.69) is 9.82 Å². The van der Waals surface area contributed by atoms with Gasteiger partial charge in [0.2, 0.25) is 0 Å². The minimum atomic E-state index is -3.83. The molecule has 0 unspecified atom stereocenters. The van der Waals surface area contributed by atoms with E-state index >= 15 is 0 Å². The second-order valence-corrected chi connectivity index (χ2v) is 9.60. The molecule has 3 aromatic rings. The highest BCUT2D eigenvalue weighted by Crippen LogP contribution is 2.31. The molecule has 0 saturated carbocycles. The van der Waals surface area contributed by atoms with Crippen molar-refractivity contribution in [1.29, 1.82) is 0 Å². The monoisotopic (exact) mass is 453 g/mol. The number of aryl methyl sites for hydroxylation is 2. The van der Waals surface area contributed by atoms with Crippen LogP contribution < -0.4 is 15.0 Å². The Bertz CT molecular complexity index is 1310. The predicted octanol–water partition coefficient (Wildman–Crippen LogP) is 3.70. The Morgan fingerprint density at radius 2 is 1.75 bits per heavy atom. The minimum absolute atomic E-state index is 0.0670. The van der Waals surface area contributed by atoms with Crippen molar-refractivity contribution in [3.05, 3.63) is 69.5 Å². The third-order valence-electron chi connectivity index (χ3n) is 5.91. The molecule has 1 aliphatic carbocycles. The number of methoxy groups -OCH3 is 1. The summed E-state index contributed by atoms with van der Waals surface area (Å²) in [7, 11) is -0.630. The van der Waals surface area contributed by atoms with E-state index in [1.54, 1.807) is 44.5 Å². The summed E-state index contributed by atoms with van der Waals surface area (Å²) in [4.78, 5) is 12.8. The van der Waals surface area contributed by atoms with Gasteiger partial charge in [0, 0.05) is 23.9 Å². The quantitative estimate of drug-likeness (QED) is 0.615. The Morgan fingerprint density at radius 3 is 2.41 bits per heavy atom. The van der Waals surface area contributed by atoms with Crippen LogP contribution in [0.2, 0.25) is 0 Å². The Morgan fingerprint density at radius 1 is 1.06 bits per heavy atom. The number of nitrogens with zero attached hydrogens (tertiary/aromatic N) is 2. The first-order valence-corrected chi connectivity index (χ1v) is 12.2. The van der Waals surface area contributed by atoms with Crippen LogP contribution in [0.4, 0.5) is 5.69 Å². The van der Waals surface area contributed by atoms with Crippen molar-refractivity contribution in [1.82, 2.24) is 9.78 Å². The summed E-state index contributed by atoms with van der Waals surface area (Å²) in [5.74, 6) is 0.648. The van der Waals surface area contributed by atoms with E-state index < -0.39 is 10.0 Å². The number of nitrogens with one attached hydrogen (secondary N) is 1. The average Bonchev–Trinajstić information content (AvgIpc) is 2.81. The molecule has 0 atom stereocenters. The summed E-state index contributed by atoms with van der Waals surface area (Å²) in [5.41, 5.74) is 4.22. The Hall–Kier alpha value is -3.13. The van der Waals surface area contributed by atoms with E-state index in [1.165, 1.54) is 4.68 Å². The number of rotatable bonds is 6. The maximum atomic E-state index is 13.3. The first kappa shape index (κ1) is 22.1. The average molecular weight is 454 g/mol. The lowest BCUT2D eigenvalue weighted by atomic mass is 9.89. The zero-order chi connectivity index (χ0) is 22.9. The van der Waals surface area contributed by atoms with Crippen LogP contribution in [0.25, 0.3) is 11.3 Å². The lowest BCUT2D eigenvalue weighted by Gasteiger charge is -2.20. The fraction of sp³-hybridized carbons (Fsp3) is 0.333. The zero-order valence-corrected chi connectivity index (χ0v) is 19.3. The van der Waals surface area contributed by atoms with Gasteiger partial charge in [0.05, 0.1) is 17.7 Å². The Balaban J connectivity index is 1.80. The normalized spacial score (nSPS) is 13.5. The molecule has 1 aromatic heterocycles. The summed E-state index contributed by atoms with van der Waals surface area (Å²) in [6.45, 7) is 1.92. The number of hydrogen-bond donors (Lipinski definition) is 1. The first-order valence-electron chi connectivity index (χ1n) is 10.7. The number of aromatic nitrogens is 2. The Labute approximate surface area is 188 Å². The van der Waals surface area contributed by atoms with Crippen LogP contribution in [0.1, 0.15) is 36.5 Å². The number of sulfonamides is 1. The molecule has 32 heavy (non-hydrogen) atoms. The van der Waals surface area contributed by atoms with Crippen LogP contribution in [0, 0.1) is 0 Å². The van der Waals surface area contributed by atoms with Crippen LogP contribution >= 0.6 is 0 Å². The molecule has 0 amide bonds. The largest absolute Gasteiger partial charge is 0.497 e. The van der Waals surface area contributed by atoms with Gasteiger partial charge in [-0.15, -0.1) is 0 Å². The third-order valence-corrected chi connectivity index (χ3v) is 7.37. The summed E-state index contributed by atoms with van der Waals surface area (Å²) in [6, 6.07) is 12.1. The number of anilines is 1. The molecule has 1 heterocycles. The molecule has 1 aliphatic rings. The van der Waals surface area contributed by atoms with Crippen molar-refractivity contribution in [3.63, 3.8) is 0 Å². The molecular weight excluding hydrogens is 426 g/mol. The van der Waals surface area contributed by atoms with Gasteiger partial charge in [-0.1, -0.05) is 19.1 Å². The highest BCUT2D eigenvalue weighted by atomic mass is 32.2. The maximum Gasteiger partial charge on any atom is 0.269 e. The van der Waals surface area contributed by atoms with Gasteiger partial charge in [-0.05, 0) is 73.6 Å². The molecule has 0 radical (unpaired) electrons. The summed E-state index contributed by atoms with van der Waals surface area (Å²) >= 11 is 0. The van der Waals surface area contributed by atoms with Gasteiger partial charge < -0.3 is 4.74 Å². The Kier molecular flexibility index (Phi) is 6.06. The minimum Gasteiger partial charge on any atom is -0.497 e. The second-order valence-electron chi connectivity index (χ2n) is 7.95. The molecule has 168 valence electrons. The van der Waals surface area contributed by atoms with Crippen LogP contribution in [0.15, 0.2) is 52.2 Å². The smallest absolute Gasteiger partial charge is 0.269 e. The van der Waals surface area contributed by atoms with Crippen molar-refractivity contribution in [2.24, 2.45) is 7.05 Å². The number of hydrogen-bond acceptors (Lipinski definition) is 5. The molecule has 1 N–H and O–H groups in total. The van der Waals surface area contributed by atoms with Gasteiger partial charge in [0.1, 0.15) is 5.75 Å². The fourth-order valence-electron chi connectivity index (χ4n) is 4.20. The van der Waals surface area contributed by atoms with Crippen molar-refractivity contribution in [2.75, 3.05) is 11.8 Å². The first-order chi connectivity index (χ1) is 15.3. The van der Waals surface area contributed by atoms with Crippen LogP contribution in [0.5, 0.6) is 5.75 Å². The molecule has 2 aromatic carbocycles. The van der Waals surface area contributed by atoms with E-state index in [4.69, 9.17) is 4.74 Å². The number of benzene rings is 2. The van der Waals surface area contributed by atoms with Gasteiger partial charge in [0.25, 0.3) is 15.6 Å². The second kappa shape index (κ2) is 8.78. The summed E-state index contributed by atoms with van der Waals surface area (Å²) < 4.78 is 35.8. The van der Waals surface area contributed by atoms with E-state index in [-0.39, 0.29) is 10.5 Å². The standard InChI is InChI=1S/C24H27N3O4S/c1-4-16-9-10-17(23-20-7-5-6-8-21(20)24(28)27(2)25-23)15-22(16)32(29,30)26-18-11-13-19(31-3)14-12-18/h9-15,26H,4-8H2,1-3H3. The summed E-state index contributed by atoms with van der Waals surface area (Å²) in [5, 5.41) is 4.51. The van der Waals surface area contributed by atoms with Crippen molar-refractivity contribution in [3.8, 4) is 17.0 Å². The maximum absolute atomic E-state index is 13.3. The predicted molar refractivity (Wildman–Crippen MR) is 125 cm³/mol. The van der Waals surface area contributed by atoms with E-state index in [0.29, 0.717) is 34.7 Å². The topological polar surface area (TPSA) is 90.3 Å². The third kappa shape index (κ3) is 4.14. The molecule has 8 heteroatoms. The molecule has 7 nitrogen and oxygen atoms in total. The molecule has 0 fully saturated rings. The van der Waals surface area contributed by atoms with Crippen LogP contribution in [0.3, 0.4) is 0 Å². The fourth-order valence-corrected chi connectivity index (χ4v) is 5.59. The van der Waals surface area contributed by atoms with Gasteiger partial charge in [-0.3, -0.25) is 9.52 Å². The van der Waals surface area contributed by atoms with E-state index in [0.717, 1.165) is 36.8 Å². The number of fused-ring (bicyclic) bond motifs is 1. The zero-order valence-electron chi connectivity index (χ0n) is 18.5. The highest BCUT2D eigenvalue weighted by Gasteiger charge is 2.23. The van der Waals surface area contributed by atoms with Gasteiger partial charge in [-0.25, -0.2) is 13.1 Å². The highest BCUT2D eigenvalue weighted by molar-refractivity contribution is 7.92. The van der Waals surface area contributed by atoms with Crippen LogP contribution in [-0.2, 0) is 36.3 Å². The van der Waals surface area contributed by atoms with Crippen LogP contribution in [-0.4, -0.2) is 25.3 Å². The molecule has 0 saturated heterocycles. The van der Waals surface area contributed by atoms with Crippen molar-refractivity contribution in [2.45, 2.75) is 43.9 Å². The molecule has 0 spiro atoms. The van der Waals surface area contributed by atoms with E-state index in [1.807, 2.05) is 19.1 Å². The lowest BCUT2D eigenvalue weighted by molar-refractivity contribution is 0.415. The van der Waals surface area contributed by atoms with Gasteiger partial charge >= 0.3 is 0 Å². The molecule has 0 aliphatic heterocycles. The van der Waals surface area contributed by atoms with Crippen molar-refractivity contribution >= 4 is 15.7 Å². The lowest BCUT2D eigenvalue weighted by Crippen LogP contribution is -2.28. The van der Waals surface area contributed by atoms with E-state index in [9.17, 15) is 13.2 Å². The van der Waals surface area contributed by atoms with Gasteiger partial charge in [0.15, 0.2) is 0 Å². The molecule has 0 bridgehead atoms. The van der Waals surface area contributed by atoms with Gasteiger partial charge in [-0.2, -0.15) is 5.10 Å². The van der Waals surface area contributed by atoms with Crippen molar-refractivity contribution < 1.29 is 13.2 Å². The summed E-state index contributed by atoms with van der Waals surface area (Å²) in [6.07, 6.45) is 4.04.